The first kappa shape index (κ1) is 14.1. The van der Waals surface area contributed by atoms with E-state index < -0.39 is 5.97 Å². The van der Waals surface area contributed by atoms with Gasteiger partial charge < -0.3 is 9.94 Å². The Morgan fingerprint density at radius 3 is 2.65 bits per heavy atom. The fourth-order valence-electron chi connectivity index (χ4n) is 2.06. The smallest absolute Gasteiger partial charge is 0.356 e. The molecule has 0 bridgehead atoms. The van der Waals surface area contributed by atoms with E-state index in [1.165, 1.54) is 5.39 Å². The van der Waals surface area contributed by atoms with E-state index in [0.717, 1.165) is 10.9 Å². The third-order valence-electron chi connectivity index (χ3n) is 3.10. The van der Waals surface area contributed by atoms with Gasteiger partial charge in [0.05, 0.1) is 6.61 Å². The average Bonchev–Trinajstić information content (AvgIpc) is 2.48. The van der Waals surface area contributed by atoms with Crippen LogP contribution in [0.25, 0.3) is 10.8 Å². The lowest BCUT2D eigenvalue weighted by Gasteiger charge is -2.05. The van der Waals surface area contributed by atoms with E-state index in [2.05, 4.69) is 17.3 Å². The highest BCUT2D eigenvalue weighted by atomic mass is 16.5. The lowest BCUT2D eigenvalue weighted by atomic mass is 10.0. The van der Waals surface area contributed by atoms with Gasteiger partial charge in [-0.3, -0.25) is 0 Å². The van der Waals surface area contributed by atoms with E-state index >= 15 is 0 Å². The van der Waals surface area contributed by atoms with Crippen molar-refractivity contribution in [1.29, 1.82) is 0 Å². The molecular weight excluding hydrogens is 254 g/mol. The summed E-state index contributed by atoms with van der Waals surface area (Å²) in [7, 11) is 0. The van der Waals surface area contributed by atoms with Crippen LogP contribution < -0.4 is 0 Å². The van der Waals surface area contributed by atoms with Crippen molar-refractivity contribution in [2.24, 2.45) is 5.16 Å². The molecule has 0 unspecified atom stereocenters. The Morgan fingerprint density at radius 1 is 1.20 bits per heavy atom. The van der Waals surface area contributed by atoms with Gasteiger partial charge in [-0.2, -0.15) is 0 Å². The SMILES string of the molecule is CCOC(=O)/C(CCc1ccc2ccccc2c1)=N\O. The molecule has 0 fully saturated rings. The van der Waals surface area contributed by atoms with Gasteiger partial charge >= 0.3 is 5.97 Å². The quantitative estimate of drug-likeness (QED) is 0.393. The van der Waals surface area contributed by atoms with Crippen LogP contribution in [0.5, 0.6) is 0 Å². The van der Waals surface area contributed by atoms with Crippen LogP contribution in [-0.2, 0) is 16.0 Å². The molecule has 20 heavy (non-hydrogen) atoms. The normalized spacial score (nSPS) is 11.6. The number of esters is 1. The molecule has 4 nitrogen and oxygen atoms in total. The largest absolute Gasteiger partial charge is 0.461 e. The van der Waals surface area contributed by atoms with E-state index in [1.54, 1.807) is 6.92 Å². The number of carbonyl (C=O) groups is 1. The first-order valence-corrected chi connectivity index (χ1v) is 6.60. The lowest BCUT2D eigenvalue weighted by molar-refractivity contribution is -0.135. The molecule has 0 aliphatic rings. The van der Waals surface area contributed by atoms with Crippen molar-refractivity contribution in [3.8, 4) is 0 Å². The number of hydrogen-bond donors (Lipinski definition) is 1. The van der Waals surface area contributed by atoms with E-state index in [-0.39, 0.29) is 12.3 Å². The van der Waals surface area contributed by atoms with E-state index in [9.17, 15) is 4.79 Å². The number of hydrogen-bond acceptors (Lipinski definition) is 4. The second kappa shape index (κ2) is 6.70. The third-order valence-corrected chi connectivity index (χ3v) is 3.10. The van der Waals surface area contributed by atoms with Crippen LogP contribution in [0, 0.1) is 0 Å². The molecule has 0 spiro atoms. The van der Waals surface area contributed by atoms with Crippen molar-refractivity contribution >= 4 is 22.5 Å². The average molecular weight is 271 g/mol. The molecule has 0 atom stereocenters. The standard InChI is InChI=1S/C16H17NO3/c1-2-20-16(18)15(17-19)10-8-12-7-9-13-5-3-4-6-14(13)11-12/h3-7,9,11,19H,2,8,10H2,1H3/b17-15-. The topological polar surface area (TPSA) is 58.9 Å². The van der Waals surface area contributed by atoms with Crippen LogP contribution in [0.15, 0.2) is 47.6 Å². The molecular formula is C16H17NO3. The molecule has 0 saturated heterocycles. The molecule has 104 valence electrons. The second-order valence-corrected chi connectivity index (χ2v) is 4.45. The molecule has 0 heterocycles. The first-order valence-electron chi connectivity index (χ1n) is 6.60. The summed E-state index contributed by atoms with van der Waals surface area (Å²) in [4.78, 5) is 11.5. The fourth-order valence-corrected chi connectivity index (χ4v) is 2.06. The maximum atomic E-state index is 11.5. The molecule has 2 rings (SSSR count). The Bertz CT molecular complexity index is 634. The predicted molar refractivity (Wildman–Crippen MR) is 78.1 cm³/mol. The molecule has 2 aromatic rings. The highest BCUT2D eigenvalue weighted by Gasteiger charge is 2.13. The summed E-state index contributed by atoms with van der Waals surface area (Å²) >= 11 is 0. The van der Waals surface area contributed by atoms with Crippen molar-refractivity contribution in [1.82, 2.24) is 0 Å². The summed E-state index contributed by atoms with van der Waals surface area (Å²) in [5.41, 5.74) is 1.15. The Kier molecular flexibility index (Phi) is 4.71. The zero-order valence-electron chi connectivity index (χ0n) is 11.4. The molecule has 0 radical (unpaired) electrons. The summed E-state index contributed by atoms with van der Waals surface area (Å²) < 4.78 is 4.82. The van der Waals surface area contributed by atoms with E-state index in [4.69, 9.17) is 9.94 Å². The Morgan fingerprint density at radius 2 is 1.95 bits per heavy atom. The van der Waals surface area contributed by atoms with Gasteiger partial charge in [0.2, 0.25) is 0 Å². The van der Waals surface area contributed by atoms with Crippen LogP contribution >= 0.6 is 0 Å². The number of fused-ring (bicyclic) bond motifs is 1. The molecule has 0 amide bonds. The summed E-state index contributed by atoms with van der Waals surface area (Å²) in [6.45, 7) is 1.99. The van der Waals surface area contributed by atoms with Crippen LogP contribution in [-0.4, -0.2) is 23.5 Å². The molecule has 1 N–H and O–H groups in total. The van der Waals surface area contributed by atoms with Crippen molar-refractivity contribution in [3.63, 3.8) is 0 Å². The monoisotopic (exact) mass is 271 g/mol. The zero-order valence-corrected chi connectivity index (χ0v) is 11.4. The third kappa shape index (κ3) is 3.35. The molecule has 0 saturated carbocycles. The number of oxime groups is 1. The van der Waals surface area contributed by atoms with E-state index in [0.29, 0.717) is 12.8 Å². The van der Waals surface area contributed by atoms with Crippen LogP contribution in [0.1, 0.15) is 18.9 Å². The predicted octanol–water partition coefficient (Wildman–Crippen LogP) is 3.17. The van der Waals surface area contributed by atoms with Crippen molar-refractivity contribution in [2.75, 3.05) is 6.61 Å². The van der Waals surface area contributed by atoms with Crippen molar-refractivity contribution < 1.29 is 14.7 Å². The van der Waals surface area contributed by atoms with Crippen molar-refractivity contribution in [2.45, 2.75) is 19.8 Å². The molecule has 0 aromatic heterocycles. The number of nitrogens with zero attached hydrogens (tertiary/aromatic N) is 1. The summed E-state index contributed by atoms with van der Waals surface area (Å²) in [5, 5.41) is 14.2. The minimum Gasteiger partial charge on any atom is -0.461 e. The van der Waals surface area contributed by atoms with Crippen LogP contribution in [0.2, 0.25) is 0 Å². The first-order chi connectivity index (χ1) is 9.74. The van der Waals surface area contributed by atoms with Gasteiger partial charge in [-0.1, -0.05) is 47.6 Å². The van der Waals surface area contributed by atoms with Gasteiger partial charge in [0.25, 0.3) is 0 Å². The number of rotatable bonds is 5. The minimum atomic E-state index is -0.559. The van der Waals surface area contributed by atoms with Gasteiger partial charge in [0, 0.05) is 6.42 Å². The van der Waals surface area contributed by atoms with Crippen LogP contribution in [0.4, 0.5) is 0 Å². The molecule has 2 aromatic carbocycles. The van der Waals surface area contributed by atoms with Gasteiger partial charge in [0.15, 0.2) is 5.71 Å². The van der Waals surface area contributed by atoms with Crippen LogP contribution in [0.3, 0.4) is 0 Å². The zero-order chi connectivity index (χ0) is 14.4. The Balaban J connectivity index is 2.06. The maximum Gasteiger partial charge on any atom is 0.356 e. The lowest BCUT2D eigenvalue weighted by Crippen LogP contribution is -2.18. The van der Waals surface area contributed by atoms with Gasteiger partial charge in [-0.25, -0.2) is 4.79 Å². The number of benzene rings is 2. The van der Waals surface area contributed by atoms with Gasteiger partial charge in [0.1, 0.15) is 0 Å². The highest BCUT2D eigenvalue weighted by Crippen LogP contribution is 2.16. The second-order valence-electron chi connectivity index (χ2n) is 4.45. The number of aryl methyl sites for hydroxylation is 1. The Labute approximate surface area is 117 Å². The maximum absolute atomic E-state index is 11.5. The summed E-state index contributed by atoms with van der Waals surface area (Å²) in [6, 6.07) is 14.2. The highest BCUT2D eigenvalue weighted by molar-refractivity contribution is 6.36. The molecule has 4 heteroatoms. The molecule has 0 aliphatic carbocycles. The number of carbonyl (C=O) groups excluding carboxylic acids is 1. The van der Waals surface area contributed by atoms with E-state index in [1.807, 2.05) is 30.3 Å². The fraction of sp³-hybridized carbons (Fsp3) is 0.250. The van der Waals surface area contributed by atoms with Gasteiger partial charge in [-0.05, 0) is 29.7 Å². The summed E-state index contributed by atoms with van der Waals surface area (Å²) in [5.74, 6) is -0.559. The summed E-state index contributed by atoms with van der Waals surface area (Å²) in [6.07, 6.45) is 0.983. The Hall–Kier alpha value is -2.36. The molecule has 0 aliphatic heterocycles. The number of ether oxygens (including phenoxy) is 1. The van der Waals surface area contributed by atoms with Gasteiger partial charge in [-0.15, -0.1) is 0 Å². The van der Waals surface area contributed by atoms with Crippen molar-refractivity contribution in [3.05, 3.63) is 48.0 Å². The minimum absolute atomic E-state index is 0.0556.